The number of piperazine rings is 1. The molecule has 3 rings (SSSR count). The summed E-state index contributed by atoms with van der Waals surface area (Å²) in [5.74, 6) is -0.530. The lowest BCUT2D eigenvalue weighted by molar-refractivity contribution is -0.274. The van der Waals surface area contributed by atoms with Crippen LogP contribution in [0, 0.1) is 0 Å². The molecular formula is C19H21F3N4O2. The normalized spacial score (nSPS) is 16.0. The quantitative estimate of drug-likeness (QED) is 0.817. The molecule has 0 bridgehead atoms. The van der Waals surface area contributed by atoms with E-state index in [-0.39, 0.29) is 18.2 Å². The minimum atomic E-state index is -4.73. The molecule has 2 aromatic rings. The first kappa shape index (κ1) is 20.1. The molecule has 1 aromatic carbocycles. The summed E-state index contributed by atoms with van der Waals surface area (Å²) in [5.41, 5.74) is 1.44. The van der Waals surface area contributed by atoms with E-state index in [9.17, 15) is 18.0 Å². The van der Waals surface area contributed by atoms with Gasteiger partial charge in [0.25, 0.3) is 0 Å². The van der Waals surface area contributed by atoms with Crippen LogP contribution in [0.2, 0.25) is 0 Å². The summed E-state index contributed by atoms with van der Waals surface area (Å²) in [6, 6.07) is 10.9. The number of hydrogen-bond acceptors (Lipinski definition) is 5. The Labute approximate surface area is 160 Å². The van der Waals surface area contributed by atoms with Crippen molar-refractivity contribution in [2.75, 3.05) is 38.0 Å². The van der Waals surface area contributed by atoms with Gasteiger partial charge in [-0.05, 0) is 36.4 Å². The minimum Gasteiger partial charge on any atom is -0.406 e. The highest BCUT2D eigenvalue weighted by Gasteiger charge is 2.31. The Kier molecular flexibility index (Phi) is 6.48. The van der Waals surface area contributed by atoms with Gasteiger partial charge in [0.15, 0.2) is 0 Å². The number of carbonyl (C=O) groups is 1. The second-order valence-electron chi connectivity index (χ2n) is 6.49. The first-order valence-corrected chi connectivity index (χ1v) is 8.88. The lowest BCUT2D eigenvalue weighted by Gasteiger charge is -2.34. The van der Waals surface area contributed by atoms with Gasteiger partial charge < -0.3 is 10.1 Å². The fraction of sp³-hybridized carbons (Fsp3) is 0.368. The lowest BCUT2D eigenvalue weighted by atomic mass is 10.2. The molecule has 6 nitrogen and oxygen atoms in total. The summed E-state index contributed by atoms with van der Waals surface area (Å²) >= 11 is 0. The predicted octanol–water partition coefficient (Wildman–Crippen LogP) is 2.74. The van der Waals surface area contributed by atoms with Gasteiger partial charge in [-0.3, -0.25) is 19.6 Å². The zero-order valence-electron chi connectivity index (χ0n) is 15.2. The van der Waals surface area contributed by atoms with E-state index in [4.69, 9.17) is 0 Å². The number of anilines is 1. The number of ether oxygens (including phenoxy) is 1. The number of nitrogens with zero attached hydrogens (tertiary/aromatic N) is 3. The predicted molar refractivity (Wildman–Crippen MR) is 97.7 cm³/mol. The Hall–Kier alpha value is -2.65. The fourth-order valence-electron chi connectivity index (χ4n) is 2.97. The number of pyridine rings is 1. The van der Waals surface area contributed by atoms with E-state index < -0.39 is 6.36 Å². The molecule has 0 atom stereocenters. The molecule has 9 heteroatoms. The summed E-state index contributed by atoms with van der Waals surface area (Å²) < 4.78 is 40.3. The Balaban J connectivity index is 1.41. The van der Waals surface area contributed by atoms with Gasteiger partial charge >= 0.3 is 6.36 Å². The van der Waals surface area contributed by atoms with Crippen LogP contribution in [0.15, 0.2) is 48.7 Å². The van der Waals surface area contributed by atoms with Crippen LogP contribution in [-0.2, 0) is 11.3 Å². The van der Waals surface area contributed by atoms with Crippen LogP contribution >= 0.6 is 0 Å². The third kappa shape index (κ3) is 6.50. The van der Waals surface area contributed by atoms with Gasteiger partial charge in [0, 0.05) is 44.6 Å². The molecule has 1 amide bonds. The van der Waals surface area contributed by atoms with Crippen LogP contribution in [-0.4, -0.2) is 59.8 Å². The van der Waals surface area contributed by atoms with E-state index in [1.54, 1.807) is 6.20 Å². The molecule has 1 aliphatic rings. The van der Waals surface area contributed by atoms with Crippen molar-refractivity contribution < 1.29 is 22.7 Å². The second kappa shape index (κ2) is 9.03. The SMILES string of the molecule is O=C(CN1CCN(Cc2ccccn2)CC1)Nc1ccc(OC(F)(F)F)cc1. The highest BCUT2D eigenvalue weighted by molar-refractivity contribution is 5.92. The van der Waals surface area contributed by atoms with Gasteiger partial charge in [-0.15, -0.1) is 13.2 Å². The van der Waals surface area contributed by atoms with E-state index >= 15 is 0 Å². The van der Waals surface area contributed by atoms with Crippen molar-refractivity contribution in [3.8, 4) is 5.75 Å². The van der Waals surface area contributed by atoms with E-state index in [0.717, 1.165) is 38.4 Å². The molecule has 150 valence electrons. The third-order valence-corrected chi connectivity index (χ3v) is 4.32. The van der Waals surface area contributed by atoms with Crippen molar-refractivity contribution in [2.45, 2.75) is 12.9 Å². The molecule has 0 radical (unpaired) electrons. The molecule has 1 saturated heterocycles. The molecule has 1 fully saturated rings. The highest BCUT2D eigenvalue weighted by atomic mass is 19.4. The zero-order valence-corrected chi connectivity index (χ0v) is 15.2. The van der Waals surface area contributed by atoms with Gasteiger partial charge in [0.05, 0.1) is 12.2 Å². The van der Waals surface area contributed by atoms with Gasteiger partial charge in [0.2, 0.25) is 5.91 Å². The van der Waals surface area contributed by atoms with E-state index in [2.05, 4.69) is 19.9 Å². The summed E-state index contributed by atoms with van der Waals surface area (Å²) in [7, 11) is 0. The van der Waals surface area contributed by atoms with Crippen molar-refractivity contribution >= 4 is 11.6 Å². The molecule has 0 aliphatic carbocycles. The Bertz CT molecular complexity index is 761. The largest absolute Gasteiger partial charge is 0.573 e. The molecule has 1 N–H and O–H groups in total. The standard InChI is InChI=1S/C19H21F3N4O2/c20-19(21,22)28-17-6-4-15(5-7-17)24-18(27)14-26-11-9-25(10-12-26)13-16-3-1-2-8-23-16/h1-8H,9-14H2,(H,24,27). The zero-order chi connectivity index (χ0) is 20.0. The molecule has 0 unspecified atom stereocenters. The molecule has 28 heavy (non-hydrogen) atoms. The van der Waals surface area contributed by atoms with Crippen LogP contribution in [0.5, 0.6) is 5.75 Å². The van der Waals surface area contributed by atoms with Crippen LogP contribution in [0.4, 0.5) is 18.9 Å². The molecule has 1 aromatic heterocycles. The third-order valence-electron chi connectivity index (χ3n) is 4.32. The second-order valence-corrected chi connectivity index (χ2v) is 6.49. The topological polar surface area (TPSA) is 57.7 Å². The number of aromatic nitrogens is 1. The lowest BCUT2D eigenvalue weighted by Crippen LogP contribution is -2.48. The number of alkyl halides is 3. The van der Waals surface area contributed by atoms with Gasteiger partial charge in [0.1, 0.15) is 5.75 Å². The van der Waals surface area contributed by atoms with E-state index in [1.807, 2.05) is 23.1 Å². The van der Waals surface area contributed by atoms with Gasteiger partial charge in [-0.2, -0.15) is 0 Å². The first-order chi connectivity index (χ1) is 13.4. The molecular weight excluding hydrogens is 373 g/mol. The highest BCUT2D eigenvalue weighted by Crippen LogP contribution is 2.23. The van der Waals surface area contributed by atoms with Crippen molar-refractivity contribution in [2.24, 2.45) is 0 Å². The Morgan fingerprint density at radius 1 is 1.04 bits per heavy atom. The maximum absolute atomic E-state index is 12.2. The maximum atomic E-state index is 12.2. The maximum Gasteiger partial charge on any atom is 0.573 e. The van der Waals surface area contributed by atoms with Crippen molar-refractivity contribution in [3.05, 3.63) is 54.4 Å². The average molecular weight is 394 g/mol. The van der Waals surface area contributed by atoms with Crippen molar-refractivity contribution in [3.63, 3.8) is 0 Å². The molecule has 2 heterocycles. The summed E-state index contributed by atoms with van der Waals surface area (Å²) in [5, 5.41) is 2.69. The number of amides is 1. The summed E-state index contributed by atoms with van der Waals surface area (Å²) in [6.07, 6.45) is -2.96. The first-order valence-electron chi connectivity index (χ1n) is 8.88. The van der Waals surface area contributed by atoms with Gasteiger partial charge in [-0.1, -0.05) is 6.07 Å². The molecule has 0 spiro atoms. The minimum absolute atomic E-state index is 0.206. The number of benzene rings is 1. The number of hydrogen-bond donors (Lipinski definition) is 1. The smallest absolute Gasteiger partial charge is 0.406 e. The monoisotopic (exact) mass is 394 g/mol. The van der Waals surface area contributed by atoms with Crippen LogP contribution in [0.1, 0.15) is 5.69 Å². The molecule has 1 aliphatic heterocycles. The summed E-state index contributed by atoms with van der Waals surface area (Å²) in [4.78, 5) is 20.8. The van der Waals surface area contributed by atoms with E-state index in [1.165, 1.54) is 24.3 Å². The number of carbonyl (C=O) groups excluding carboxylic acids is 1. The molecule has 0 saturated carbocycles. The van der Waals surface area contributed by atoms with Crippen molar-refractivity contribution in [1.29, 1.82) is 0 Å². The summed E-state index contributed by atoms with van der Waals surface area (Å²) in [6.45, 7) is 4.23. The average Bonchev–Trinajstić information content (AvgIpc) is 2.65. The Morgan fingerprint density at radius 2 is 1.71 bits per heavy atom. The van der Waals surface area contributed by atoms with Crippen LogP contribution in [0.25, 0.3) is 0 Å². The van der Waals surface area contributed by atoms with Crippen LogP contribution < -0.4 is 10.1 Å². The number of halogens is 3. The fourth-order valence-corrected chi connectivity index (χ4v) is 2.97. The van der Waals surface area contributed by atoms with Crippen molar-refractivity contribution in [1.82, 2.24) is 14.8 Å². The number of nitrogens with one attached hydrogen (secondary N) is 1. The number of rotatable bonds is 6. The van der Waals surface area contributed by atoms with Gasteiger partial charge in [-0.25, -0.2) is 0 Å². The van der Waals surface area contributed by atoms with Crippen LogP contribution in [0.3, 0.4) is 0 Å². The van der Waals surface area contributed by atoms with E-state index in [0.29, 0.717) is 5.69 Å². The Morgan fingerprint density at radius 3 is 2.32 bits per heavy atom.